The van der Waals surface area contributed by atoms with Crippen LogP contribution in [0.3, 0.4) is 0 Å². The minimum Gasteiger partial charge on any atom is -0.0836 e. The van der Waals surface area contributed by atoms with Gasteiger partial charge in [-0.05, 0) is 46.2 Å². The lowest BCUT2D eigenvalue weighted by atomic mass is 9.92. The molecular weight excluding hydrogens is 312 g/mol. The van der Waals surface area contributed by atoms with Gasteiger partial charge < -0.3 is 0 Å². The fraction of sp³-hybridized carbons (Fsp3) is 0.154. The van der Waals surface area contributed by atoms with Crippen molar-refractivity contribution in [3.05, 3.63) is 103 Å². The molecule has 0 atom stereocenters. The molecule has 0 saturated carbocycles. The van der Waals surface area contributed by atoms with E-state index in [0.29, 0.717) is 0 Å². The summed E-state index contributed by atoms with van der Waals surface area (Å²) < 4.78 is 0. The van der Waals surface area contributed by atoms with Crippen molar-refractivity contribution >= 4 is 5.57 Å². The van der Waals surface area contributed by atoms with E-state index >= 15 is 0 Å². The highest BCUT2D eigenvalue weighted by Gasteiger charge is 2.07. The van der Waals surface area contributed by atoms with Crippen LogP contribution in [-0.2, 0) is 0 Å². The summed E-state index contributed by atoms with van der Waals surface area (Å²) in [4.78, 5) is 0. The molecule has 0 nitrogen and oxygen atoms in total. The third-order valence-electron chi connectivity index (χ3n) is 4.54. The van der Waals surface area contributed by atoms with E-state index in [4.69, 9.17) is 0 Å². The highest BCUT2D eigenvalue weighted by molar-refractivity contribution is 5.84. The number of rotatable bonds is 3. The lowest BCUT2D eigenvalue weighted by molar-refractivity contribution is 1.04. The van der Waals surface area contributed by atoms with Gasteiger partial charge in [-0.3, -0.25) is 0 Å². The molecule has 0 fully saturated rings. The molecule has 26 heavy (non-hydrogen) atoms. The molecule has 0 aromatic heterocycles. The number of hydrogen-bond acceptors (Lipinski definition) is 0. The average molecular weight is 341 g/mol. The normalized spacial score (nSPS) is 12.5. The molecule has 1 aliphatic carbocycles. The predicted molar refractivity (Wildman–Crippen MR) is 117 cm³/mol. The van der Waals surface area contributed by atoms with Gasteiger partial charge in [-0.15, -0.1) is 0 Å². The van der Waals surface area contributed by atoms with Gasteiger partial charge in [0.05, 0.1) is 0 Å². The summed E-state index contributed by atoms with van der Waals surface area (Å²) in [6.45, 7) is 0. The van der Waals surface area contributed by atoms with Gasteiger partial charge >= 0.3 is 0 Å². The zero-order valence-corrected chi connectivity index (χ0v) is 13.7. The standard InChI is InChI=1S/C24H20.2CH4/c1-3-9-19(10-4-1)20-15-17-22(18-16-20)24-14-8-7-13-23(24)21-11-5-2-6-12-21;;/h2-3,5-18H,1,4H2;2*1H4. The quantitative estimate of drug-likeness (QED) is 0.452. The fourth-order valence-electron chi connectivity index (χ4n) is 3.27. The Bertz CT molecular complexity index is 881. The lowest BCUT2D eigenvalue weighted by Gasteiger charge is -2.12. The SMILES string of the molecule is C.C.C1=CC(c2ccc(-c3ccccc3-c3ccccc3)cc2)=CCC1. The molecule has 3 aromatic rings. The summed E-state index contributed by atoms with van der Waals surface area (Å²) in [5.74, 6) is 0. The van der Waals surface area contributed by atoms with Gasteiger partial charge in [0, 0.05) is 0 Å². The molecule has 0 unspecified atom stereocenters. The van der Waals surface area contributed by atoms with Crippen molar-refractivity contribution in [1.82, 2.24) is 0 Å². The number of benzene rings is 3. The average Bonchev–Trinajstić information content (AvgIpc) is 2.69. The van der Waals surface area contributed by atoms with Crippen molar-refractivity contribution in [2.24, 2.45) is 0 Å². The monoisotopic (exact) mass is 340 g/mol. The van der Waals surface area contributed by atoms with Gasteiger partial charge in [0.25, 0.3) is 0 Å². The molecule has 0 spiro atoms. The van der Waals surface area contributed by atoms with Crippen LogP contribution < -0.4 is 0 Å². The lowest BCUT2D eigenvalue weighted by Crippen LogP contribution is -1.88. The van der Waals surface area contributed by atoms with Crippen molar-refractivity contribution in [1.29, 1.82) is 0 Å². The van der Waals surface area contributed by atoms with Gasteiger partial charge in [0.1, 0.15) is 0 Å². The molecule has 132 valence electrons. The maximum Gasteiger partial charge on any atom is -0.0105 e. The predicted octanol–water partition coefficient (Wildman–Crippen LogP) is 8.03. The Morgan fingerprint density at radius 1 is 0.500 bits per heavy atom. The summed E-state index contributed by atoms with van der Waals surface area (Å²) in [5, 5.41) is 0. The maximum atomic E-state index is 2.33. The van der Waals surface area contributed by atoms with Gasteiger partial charge in [0.2, 0.25) is 0 Å². The van der Waals surface area contributed by atoms with Crippen molar-refractivity contribution in [2.75, 3.05) is 0 Å². The van der Waals surface area contributed by atoms with Crippen LogP contribution in [0.25, 0.3) is 27.8 Å². The van der Waals surface area contributed by atoms with Crippen molar-refractivity contribution in [3.63, 3.8) is 0 Å². The van der Waals surface area contributed by atoms with Gasteiger partial charge in [-0.25, -0.2) is 0 Å². The summed E-state index contributed by atoms with van der Waals surface area (Å²) in [5.41, 5.74) is 7.72. The van der Waals surface area contributed by atoms with E-state index in [-0.39, 0.29) is 14.9 Å². The Morgan fingerprint density at radius 2 is 1.04 bits per heavy atom. The van der Waals surface area contributed by atoms with Crippen LogP contribution in [0.2, 0.25) is 0 Å². The molecule has 0 heterocycles. The molecule has 0 saturated heterocycles. The molecule has 0 bridgehead atoms. The van der Waals surface area contributed by atoms with E-state index in [9.17, 15) is 0 Å². The number of allylic oxidation sites excluding steroid dienone is 4. The molecule has 1 aliphatic rings. The van der Waals surface area contributed by atoms with Gasteiger partial charge in [-0.2, -0.15) is 0 Å². The fourth-order valence-corrected chi connectivity index (χ4v) is 3.27. The molecule has 0 aliphatic heterocycles. The van der Waals surface area contributed by atoms with E-state index in [2.05, 4.69) is 97.1 Å². The van der Waals surface area contributed by atoms with Crippen LogP contribution in [0.4, 0.5) is 0 Å². The second-order valence-corrected chi connectivity index (χ2v) is 6.13. The second kappa shape index (κ2) is 9.01. The Labute approximate surface area is 158 Å². The zero-order chi connectivity index (χ0) is 16.2. The molecule has 0 amide bonds. The first-order valence-electron chi connectivity index (χ1n) is 8.54. The summed E-state index contributed by atoms with van der Waals surface area (Å²) in [6.07, 6.45) is 9.12. The zero-order valence-electron chi connectivity index (χ0n) is 13.7. The maximum absolute atomic E-state index is 2.33. The summed E-state index contributed by atoms with van der Waals surface area (Å²) in [6, 6.07) is 28.2. The minimum atomic E-state index is 0. The van der Waals surface area contributed by atoms with Crippen LogP contribution in [0.1, 0.15) is 33.3 Å². The van der Waals surface area contributed by atoms with Crippen molar-refractivity contribution in [3.8, 4) is 22.3 Å². The smallest absolute Gasteiger partial charge is 0.0105 e. The van der Waals surface area contributed by atoms with Crippen LogP contribution in [0.15, 0.2) is 97.1 Å². The van der Waals surface area contributed by atoms with Crippen LogP contribution in [0, 0.1) is 0 Å². The third kappa shape index (κ3) is 4.03. The highest BCUT2D eigenvalue weighted by atomic mass is 14.1. The second-order valence-electron chi connectivity index (χ2n) is 6.13. The molecule has 4 rings (SSSR count). The van der Waals surface area contributed by atoms with E-state index in [1.165, 1.54) is 33.4 Å². The number of hydrogen-bond donors (Lipinski definition) is 0. The topological polar surface area (TPSA) is 0 Å². The van der Waals surface area contributed by atoms with E-state index in [1.807, 2.05) is 0 Å². The van der Waals surface area contributed by atoms with Crippen LogP contribution in [-0.4, -0.2) is 0 Å². The van der Waals surface area contributed by atoms with Crippen molar-refractivity contribution in [2.45, 2.75) is 27.7 Å². The Kier molecular flexibility index (Phi) is 6.74. The van der Waals surface area contributed by atoms with Crippen LogP contribution in [0.5, 0.6) is 0 Å². The van der Waals surface area contributed by atoms with E-state index in [1.54, 1.807) is 0 Å². The molecular formula is C26H28. The molecule has 0 radical (unpaired) electrons. The van der Waals surface area contributed by atoms with Gasteiger partial charge in [-0.1, -0.05) is 112 Å². The third-order valence-corrected chi connectivity index (χ3v) is 4.54. The Hall–Kier alpha value is -2.86. The Morgan fingerprint density at radius 3 is 1.62 bits per heavy atom. The van der Waals surface area contributed by atoms with Crippen LogP contribution >= 0.6 is 0 Å². The van der Waals surface area contributed by atoms with Crippen molar-refractivity contribution < 1.29 is 0 Å². The molecule has 0 heteroatoms. The molecule has 0 N–H and O–H groups in total. The van der Waals surface area contributed by atoms with E-state index in [0.717, 1.165) is 12.8 Å². The first kappa shape index (κ1) is 19.5. The Balaban J connectivity index is 0.00000121. The van der Waals surface area contributed by atoms with E-state index < -0.39 is 0 Å². The van der Waals surface area contributed by atoms with Gasteiger partial charge in [0.15, 0.2) is 0 Å². The summed E-state index contributed by atoms with van der Waals surface area (Å²) >= 11 is 0. The highest BCUT2D eigenvalue weighted by Crippen LogP contribution is 2.33. The summed E-state index contributed by atoms with van der Waals surface area (Å²) in [7, 11) is 0. The molecule has 3 aromatic carbocycles. The largest absolute Gasteiger partial charge is 0.0836 e. The first-order chi connectivity index (χ1) is 11.9. The minimum absolute atomic E-state index is 0. The first-order valence-corrected chi connectivity index (χ1v) is 8.54.